The molecule has 1 N–H and O–H groups in total. The van der Waals surface area contributed by atoms with Crippen LogP contribution in [0.25, 0.3) is 11.1 Å². The third kappa shape index (κ3) is 2.52. The van der Waals surface area contributed by atoms with Crippen molar-refractivity contribution >= 4 is 23.0 Å². The van der Waals surface area contributed by atoms with Gasteiger partial charge < -0.3 is 5.11 Å². The summed E-state index contributed by atoms with van der Waals surface area (Å²) in [5.74, 6) is -0.210. The van der Waals surface area contributed by atoms with Gasteiger partial charge in [-0.2, -0.15) is 0 Å². The molecule has 20 heavy (non-hydrogen) atoms. The van der Waals surface area contributed by atoms with Gasteiger partial charge in [-0.05, 0) is 11.6 Å². The van der Waals surface area contributed by atoms with Crippen LogP contribution in [0.3, 0.4) is 0 Å². The van der Waals surface area contributed by atoms with Crippen LogP contribution in [0.1, 0.15) is 0 Å². The summed E-state index contributed by atoms with van der Waals surface area (Å²) in [7, 11) is 0. The van der Waals surface area contributed by atoms with Gasteiger partial charge in [-0.15, -0.1) is 0 Å². The van der Waals surface area contributed by atoms with Crippen LogP contribution in [-0.4, -0.2) is 15.0 Å². The second-order valence-electron chi connectivity index (χ2n) is 3.89. The molecule has 7 nitrogen and oxygen atoms in total. The fraction of sp³-hybridized carbons (Fsp3) is 0. The van der Waals surface area contributed by atoms with E-state index in [1.165, 1.54) is 18.2 Å². The van der Waals surface area contributed by atoms with Crippen LogP contribution in [0.15, 0.2) is 36.4 Å². The molecule has 8 heteroatoms. The van der Waals surface area contributed by atoms with E-state index in [1.54, 1.807) is 0 Å². The van der Waals surface area contributed by atoms with Gasteiger partial charge in [0.2, 0.25) is 0 Å². The van der Waals surface area contributed by atoms with E-state index in [0.29, 0.717) is 0 Å². The summed E-state index contributed by atoms with van der Waals surface area (Å²) in [4.78, 5) is 20.2. The summed E-state index contributed by atoms with van der Waals surface area (Å²) in [6.45, 7) is 0. The normalized spacial score (nSPS) is 10.2. The Morgan fingerprint density at radius 1 is 1.00 bits per heavy atom. The van der Waals surface area contributed by atoms with Gasteiger partial charge in [0, 0.05) is 17.7 Å². The number of halogens is 1. The molecule has 0 saturated carbocycles. The minimum atomic E-state index is -0.729. The predicted molar refractivity (Wildman–Crippen MR) is 71.9 cm³/mol. The lowest BCUT2D eigenvalue weighted by Crippen LogP contribution is -1.94. The van der Waals surface area contributed by atoms with Gasteiger partial charge in [-0.25, -0.2) is 0 Å². The second-order valence-corrected chi connectivity index (χ2v) is 4.27. The van der Waals surface area contributed by atoms with E-state index in [2.05, 4.69) is 0 Å². The topological polar surface area (TPSA) is 107 Å². The fourth-order valence-electron chi connectivity index (χ4n) is 1.70. The smallest absolute Gasteiger partial charge is 0.276 e. The van der Waals surface area contributed by atoms with Crippen LogP contribution in [-0.2, 0) is 0 Å². The van der Waals surface area contributed by atoms with Crippen molar-refractivity contribution in [1.29, 1.82) is 0 Å². The summed E-state index contributed by atoms with van der Waals surface area (Å²) in [6, 6.07) is 7.52. The highest BCUT2D eigenvalue weighted by Gasteiger charge is 2.18. The lowest BCUT2D eigenvalue weighted by atomic mass is 10.0. The first-order valence-electron chi connectivity index (χ1n) is 5.32. The van der Waals surface area contributed by atoms with E-state index in [4.69, 9.17) is 11.6 Å². The van der Waals surface area contributed by atoms with Crippen molar-refractivity contribution in [1.82, 2.24) is 0 Å². The predicted octanol–water partition coefficient (Wildman–Crippen LogP) is 3.53. The van der Waals surface area contributed by atoms with Crippen molar-refractivity contribution in [2.45, 2.75) is 0 Å². The van der Waals surface area contributed by atoms with E-state index in [9.17, 15) is 25.3 Å². The van der Waals surface area contributed by atoms with Crippen molar-refractivity contribution in [3.05, 3.63) is 61.6 Å². The molecule has 0 bridgehead atoms. The molecular weight excluding hydrogens is 288 g/mol. The molecule has 0 saturated heterocycles. The highest BCUT2D eigenvalue weighted by molar-refractivity contribution is 6.34. The number of phenolic OH excluding ortho intramolecular Hbond substituents is 1. The van der Waals surface area contributed by atoms with Gasteiger partial charge in [0.1, 0.15) is 5.75 Å². The van der Waals surface area contributed by atoms with Gasteiger partial charge in [0.25, 0.3) is 11.4 Å². The monoisotopic (exact) mass is 294 g/mol. The summed E-state index contributed by atoms with van der Waals surface area (Å²) in [5, 5.41) is 31.1. The largest absolute Gasteiger partial charge is 0.506 e. The van der Waals surface area contributed by atoms with Gasteiger partial charge in [-0.1, -0.05) is 23.7 Å². The van der Waals surface area contributed by atoms with Crippen LogP contribution >= 0.6 is 11.6 Å². The summed E-state index contributed by atoms with van der Waals surface area (Å²) >= 11 is 5.90. The molecule has 0 unspecified atom stereocenters. The van der Waals surface area contributed by atoms with Crippen LogP contribution in [0.5, 0.6) is 5.75 Å². The van der Waals surface area contributed by atoms with E-state index >= 15 is 0 Å². The maximum absolute atomic E-state index is 10.8. The Labute approximate surface area is 117 Å². The average molecular weight is 295 g/mol. The molecule has 0 fully saturated rings. The summed E-state index contributed by atoms with van der Waals surface area (Å²) in [5.41, 5.74) is -0.382. The maximum atomic E-state index is 10.8. The highest BCUT2D eigenvalue weighted by Crippen LogP contribution is 2.37. The number of hydrogen-bond acceptors (Lipinski definition) is 5. The first kappa shape index (κ1) is 13.8. The lowest BCUT2D eigenvalue weighted by molar-refractivity contribution is -0.394. The molecule has 2 rings (SSSR count). The van der Waals surface area contributed by atoms with Gasteiger partial charge in [-0.3, -0.25) is 20.2 Å². The number of benzene rings is 2. The molecule has 0 aromatic heterocycles. The minimum Gasteiger partial charge on any atom is -0.506 e. The number of aromatic hydroxyl groups is 1. The highest BCUT2D eigenvalue weighted by atomic mass is 35.5. The van der Waals surface area contributed by atoms with E-state index in [1.807, 2.05) is 0 Å². The zero-order chi connectivity index (χ0) is 14.9. The van der Waals surface area contributed by atoms with Crippen LogP contribution < -0.4 is 0 Å². The molecular formula is C12H7ClN2O5. The van der Waals surface area contributed by atoms with Crippen LogP contribution in [0, 0.1) is 20.2 Å². The Morgan fingerprint density at radius 2 is 1.55 bits per heavy atom. The zero-order valence-electron chi connectivity index (χ0n) is 9.82. The van der Waals surface area contributed by atoms with Gasteiger partial charge in [0.05, 0.1) is 20.9 Å². The molecule has 0 heterocycles. The third-order valence-corrected chi connectivity index (χ3v) is 3.01. The number of non-ortho nitro benzene ring substituents is 2. The molecule has 0 amide bonds. The Balaban J connectivity index is 2.70. The Bertz CT molecular complexity index is 685. The van der Waals surface area contributed by atoms with Crippen molar-refractivity contribution in [2.75, 3.05) is 0 Å². The van der Waals surface area contributed by atoms with Crippen LogP contribution in [0.4, 0.5) is 11.4 Å². The SMILES string of the molecule is O=[N+]([O-])c1cc(-c2cccc(O)c2Cl)cc([N+](=O)[O-])c1. The third-order valence-electron chi connectivity index (χ3n) is 2.61. The number of phenols is 1. The lowest BCUT2D eigenvalue weighted by Gasteiger charge is -2.06. The molecule has 0 radical (unpaired) electrons. The van der Waals surface area contributed by atoms with E-state index < -0.39 is 21.2 Å². The molecule has 0 aliphatic carbocycles. The number of nitro groups is 2. The Kier molecular flexibility index (Phi) is 3.53. The van der Waals surface area contributed by atoms with E-state index in [-0.39, 0.29) is 21.9 Å². The minimum absolute atomic E-state index is 0.0257. The zero-order valence-corrected chi connectivity index (χ0v) is 10.6. The summed E-state index contributed by atoms with van der Waals surface area (Å²) in [6.07, 6.45) is 0. The molecule has 2 aromatic rings. The average Bonchev–Trinajstić information content (AvgIpc) is 2.41. The second kappa shape index (κ2) is 5.14. The maximum Gasteiger partial charge on any atom is 0.276 e. The summed E-state index contributed by atoms with van der Waals surface area (Å²) < 4.78 is 0. The molecule has 0 aliphatic rings. The number of nitro benzene ring substituents is 2. The van der Waals surface area contributed by atoms with Crippen molar-refractivity contribution in [2.24, 2.45) is 0 Å². The molecule has 2 aromatic carbocycles. The molecule has 0 spiro atoms. The van der Waals surface area contributed by atoms with Gasteiger partial charge in [0.15, 0.2) is 0 Å². The van der Waals surface area contributed by atoms with E-state index in [0.717, 1.165) is 18.2 Å². The molecule has 0 aliphatic heterocycles. The first-order chi connectivity index (χ1) is 9.40. The number of hydrogen-bond donors (Lipinski definition) is 1. The number of rotatable bonds is 3. The van der Waals surface area contributed by atoms with Crippen molar-refractivity contribution in [3.63, 3.8) is 0 Å². The van der Waals surface area contributed by atoms with Crippen LogP contribution in [0.2, 0.25) is 5.02 Å². The first-order valence-corrected chi connectivity index (χ1v) is 5.69. The van der Waals surface area contributed by atoms with Gasteiger partial charge >= 0.3 is 0 Å². The Hall–Kier alpha value is -2.67. The standard InChI is InChI=1S/C12H7ClN2O5/c13-12-10(2-1-3-11(12)16)7-4-8(14(17)18)6-9(5-7)15(19)20/h1-6,16H. The Morgan fingerprint density at radius 3 is 2.05 bits per heavy atom. The number of nitrogens with zero attached hydrogens (tertiary/aromatic N) is 2. The fourth-order valence-corrected chi connectivity index (χ4v) is 1.94. The quantitative estimate of drug-likeness (QED) is 0.688. The molecule has 102 valence electrons. The van der Waals surface area contributed by atoms with Crippen molar-refractivity contribution < 1.29 is 15.0 Å². The van der Waals surface area contributed by atoms with Crippen molar-refractivity contribution in [3.8, 4) is 16.9 Å². The molecule has 0 atom stereocenters.